The highest BCUT2D eigenvalue weighted by molar-refractivity contribution is 5.94. The number of rotatable bonds is 3. The van der Waals surface area contributed by atoms with Gasteiger partial charge in [0.1, 0.15) is 0 Å². The van der Waals surface area contributed by atoms with E-state index in [4.69, 9.17) is 0 Å². The van der Waals surface area contributed by atoms with Crippen molar-refractivity contribution in [2.75, 3.05) is 26.2 Å². The predicted octanol–water partition coefficient (Wildman–Crippen LogP) is 2.32. The maximum absolute atomic E-state index is 12.4. The highest BCUT2D eigenvalue weighted by Gasteiger charge is 2.17. The molecule has 0 atom stereocenters. The van der Waals surface area contributed by atoms with Gasteiger partial charge in [0.25, 0.3) is 5.91 Å². The van der Waals surface area contributed by atoms with Gasteiger partial charge in [-0.05, 0) is 29.7 Å². The summed E-state index contributed by atoms with van der Waals surface area (Å²) in [6, 6.07) is 18.4. The van der Waals surface area contributed by atoms with Gasteiger partial charge in [-0.2, -0.15) is 0 Å². The molecule has 0 unspecified atom stereocenters. The lowest BCUT2D eigenvalue weighted by molar-refractivity contribution is 0.0736. The van der Waals surface area contributed by atoms with Crippen molar-refractivity contribution < 1.29 is 4.79 Å². The Morgan fingerprint density at radius 2 is 1.52 bits per heavy atom. The van der Waals surface area contributed by atoms with Crippen LogP contribution in [0, 0.1) is 0 Å². The molecule has 1 aliphatic rings. The van der Waals surface area contributed by atoms with E-state index >= 15 is 0 Å². The van der Waals surface area contributed by atoms with Gasteiger partial charge in [0.15, 0.2) is 0 Å². The highest BCUT2D eigenvalue weighted by Crippen LogP contribution is 2.12. The molecule has 0 saturated carbocycles. The van der Waals surface area contributed by atoms with Gasteiger partial charge >= 0.3 is 0 Å². The molecule has 1 heterocycles. The summed E-state index contributed by atoms with van der Waals surface area (Å²) in [4.78, 5) is 14.3. The maximum Gasteiger partial charge on any atom is 0.253 e. The molecule has 0 radical (unpaired) electrons. The zero-order valence-electron chi connectivity index (χ0n) is 12.1. The summed E-state index contributed by atoms with van der Waals surface area (Å²) in [5.74, 6) is 0.141. The van der Waals surface area contributed by atoms with Crippen molar-refractivity contribution in [1.29, 1.82) is 0 Å². The molecule has 0 aliphatic carbocycles. The quantitative estimate of drug-likeness (QED) is 0.936. The fourth-order valence-electron chi connectivity index (χ4n) is 2.65. The Hall–Kier alpha value is -2.13. The first-order valence-electron chi connectivity index (χ1n) is 7.46. The Labute approximate surface area is 125 Å². The maximum atomic E-state index is 12.4. The third-order valence-corrected chi connectivity index (χ3v) is 3.86. The summed E-state index contributed by atoms with van der Waals surface area (Å²) >= 11 is 0. The number of nitrogens with zero attached hydrogens (tertiary/aromatic N) is 1. The van der Waals surface area contributed by atoms with Gasteiger partial charge in [-0.15, -0.1) is 0 Å². The summed E-state index contributed by atoms with van der Waals surface area (Å²) in [7, 11) is 0. The standard InChI is InChI=1S/C18H20N2O/c21-18(20-12-10-19-11-13-20)17-8-6-16(7-9-17)14-15-4-2-1-3-5-15/h1-9,19H,10-14H2. The Bertz CT molecular complexity index is 586. The second kappa shape index (κ2) is 6.55. The Kier molecular flexibility index (Phi) is 4.31. The molecule has 1 N–H and O–H groups in total. The first-order valence-corrected chi connectivity index (χ1v) is 7.46. The normalized spacial score (nSPS) is 15.0. The molecule has 1 aliphatic heterocycles. The van der Waals surface area contributed by atoms with E-state index in [0.29, 0.717) is 0 Å². The first kappa shape index (κ1) is 13.8. The lowest BCUT2D eigenvalue weighted by atomic mass is 10.0. The molecule has 0 aromatic heterocycles. The summed E-state index contributed by atoms with van der Waals surface area (Å²) in [6.45, 7) is 3.37. The number of amides is 1. The monoisotopic (exact) mass is 280 g/mol. The topological polar surface area (TPSA) is 32.3 Å². The number of nitrogens with one attached hydrogen (secondary N) is 1. The Balaban J connectivity index is 1.67. The van der Waals surface area contributed by atoms with Crippen molar-refractivity contribution in [3.63, 3.8) is 0 Å². The molecule has 3 rings (SSSR count). The van der Waals surface area contributed by atoms with Crippen molar-refractivity contribution >= 4 is 5.91 Å². The molecule has 2 aromatic rings. The number of carbonyl (C=O) groups is 1. The molecule has 2 aromatic carbocycles. The van der Waals surface area contributed by atoms with E-state index in [1.807, 2.05) is 23.1 Å². The van der Waals surface area contributed by atoms with Crippen molar-refractivity contribution in [2.24, 2.45) is 0 Å². The molecule has 21 heavy (non-hydrogen) atoms. The van der Waals surface area contributed by atoms with Crippen LogP contribution >= 0.6 is 0 Å². The average Bonchev–Trinajstić information content (AvgIpc) is 2.57. The van der Waals surface area contributed by atoms with Gasteiger partial charge in [-0.3, -0.25) is 4.79 Å². The lowest BCUT2D eigenvalue weighted by Gasteiger charge is -2.27. The van der Waals surface area contributed by atoms with Crippen LogP contribution in [0.15, 0.2) is 54.6 Å². The van der Waals surface area contributed by atoms with Crippen LogP contribution in [-0.2, 0) is 6.42 Å². The predicted molar refractivity (Wildman–Crippen MR) is 84.5 cm³/mol. The number of benzene rings is 2. The van der Waals surface area contributed by atoms with E-state index in [0.717, 1.165) is 38.2 Å². The second-order valence-electron chi connectivity index (χ2n) is 5.40. The van der Waals surface area contributed by atoms with E-state index in [-0.39, 0.29) is 5.91 Å². The fourth-order valence-corrected chi connectivity index (χ4v) is 2.65. The van der Waals surface area contributed by atoms with Crippen molar-refractivity contribution in [3.8, 4) is 0 Å². The summed E-state index contributed by atoms with van der Waals surface area (Å²) < 4.78 is 0. The molecule has 1 fully saturated rings. The molecular formula is C18H20N2O. The third-order valence-electron chi connectivity index (χ3n) is 3.86. The van der Waals surface area contributed by atoms with E-state index in [9.17, 15) is 4.79 Å². The van der Waals surface area contributed by atoms with Crippen LogP contribution in [0.5, 0.6) is 0 Å². The number of piperazine rings is 1. The molecule has 1 amide bonds. The van der Waals surface area contributed by atoms with Crippen LogP contribution in [0.3, 0.4) is 0 Å². The smallest absolute Gasteiger partial charge is 0.253 e. The Morgan fingerprint density at radius 3 is 2.19 bits per heavy atom. The van der Waals surface area contributed by atoms with Gasteiger partial charge in [-0.25, -0.2) is 0 Å². The van der Waals surface area contributed by atoms with Gasteiger partial charge < -0.3 is 10.2 Å². The minimum absolute atomic E-state index is 0.141. The largest absolute Gasteiger partial charge is 0.336 e. The lowest BCUT2D eigenvalue weighted by Crippen LogP contribution is -2.46. The van der Waals surface area contributed by atoms with Crippen LogP contribution in [0.4, 0.5) is 0 Å². The fraction of sp³-hybridized carbons (Fsp3) is 0.278. The van der Waals surface area contributed by atoms with Crippen LogP contribution in [0.25, 0.3) is 0 Å². The van der Waals surface area contributed by atoms with E-state index in [1.165, 1.54) is 11.1 Å². The third kappa shape index (κ3) is 3.50. The molecule has 3 heteroatoms. The SMILES string of the molecule is O=C(c1ccc(Cc2ccccc2)cc1)N1CCNCC1. The van der Waals surface area contributed by atoms with Gasteiger partial charge in [-0.1, -0.05) is 42.5 Å². The highest BCUT2D eigenvalue weighted by atomic mass is 16.2. The minimum atomic E-state index is 0.141. The second-order valence-corrected chi connectivity index (χ2v) is 5.40. The van der Waals surface area contributed by atoms with Crippen LogP contribution < -0.4 is 5.32 Å². The number of carbonyl (C=O) groups excluding carboxylic acids is 1. The van der Waals surface area contributed by atoms with Gasteiger partial charge in [0, 0.05) is 31.7 Å². The van der Waals surface area contributed by atoms with Crippen LogP contribution in [0.1, 0.15) is 21.5 Å². The van der Waals surface area contributed by atoms with Crippen molar-refractivity contribution in [3.05, 3.63) is 71.3 Å². The zero-order chi connectivity index (χ0) is 14.5. The van der Waals surface area contributed by atoms with Crippen LogP contribution in [0.2, 0.25) is 0 Å². The molecule has 0 bridgehead atoms. The molecule has 3 nitrogen and oxygen atoms in total. The molecule has 1 saturated heterocycles. The summed E-state index contributed by atoms with van der Waals surface area (Å²) in [5, 5.41) is 3.26. The minimum Gasteiger partial charge on any atom is -0.336 e. The van der Waals surface area contributed by atoms with Crippen LogP contribution in [-0.4, -0.2) is 37.0 Å². The first-order chi connectivity index (χ1) is 10.3. The summed E-state index contributed by atoms with van der Waals surface area (Å²) in [5.41, 5.74) is 3.31. The van der Waals surface area contributed by atoms with Gasteiger partial charge in [0.05, 0.1) is 0 Å². The number of hydrogen-bond donors (Lipinski definition) is 1. The Morgan fingerprint density at radius 1 is 0.905 bits per heavy atom. The summed E-state index contributed by atoms with van der Waals surface area (Å²) in [6.07, 6.45) is 0.906. The molecule has 108 valence electrons. The molecular weight excluding hydrogens is 260 g/mol. The van der Waals surface area contributed by atoms with E-state index in [1.54, 1.807) is 0 Å². The van der Waals surface area contributed by atoms with Gasteiger partial charge in [0.2, 0.25) is 0 Å². The zero-order valence-corrected chi connectivity index (χ0v) is 12.1. The van der Waals surface area contributed by atoms with Crippen molar-refractivity contribution in [1.82, 2.24) is 10.2 Å². The number of hydrogen-bond acceptors (Lipinski definition) is 2. The molecule has 0 spiro atoms. The van der Waals surface area contributed by atoms with E-state index < -0.39 is 0 Å². The van der Waals surface area contributed by atoms with Crippen molar-refractivity contribution in [2.45, 2.75) is 6.42 Å². The van der Waals surface area contributed by atoms with E-state index in [2.05, 4.69) is 41.7 Å². The average molecular weight is 280 g/mol.